The van der Waals surface area contributed by atoms with Gasteiger partial charge >= 0.3 is 12.3 Å². The van der Waals surface area contributed by atoms with Gasteiger partial charge in [-0.2, -0.15) is 0 Å². The lowest BCUT2D eigenvalue weighted by Crippen LogP contribution is -2.26. The van der Waals surface area contributed by atoms with E-state index in [1.54, 1.807) is 24.3 Å². The molecule has 0 spiro atoms. The minimum Gasteiger partial charge on any atom is -0.481 e. The summed E-state index contributed by atoms with van der Waals surface area (Å²) in [5.41, 5.74) is 3.71. The molecule has 3 aromatic rings. The molecule has 0 heterocycles. The topological polar surface area (TPSA) is 105 Å². The third kappa shape index (κ3) is 10.1. The van der Waals surface area contributed by atoms with Crippen molar-refractivity contribution in [1.82, 2.24) is 5.32 Å². The van der Waals surface area contributed by atoms with Gasteiger partial charge in [0.05, 0.1) is 18.9 Å². The lowest BCUT2D eigenvalue weighted by Gasteiger charge is -2.22. The second-order valence-electron chi connectivity index (χ2n) is 10.6. The molecule has 2 amide bonds. The van der Waals surface area contributed by atoms with Crippen molar-refractivity contribution in [3.05, 3.63) is 101 Å². The van der Waals surface area contributed by atoms with Gasteiger partial charge in [0.25, 0.3) is 5.91 Å². The summed E-state index contributed by atoms with van der Waals surface area (Å²) in [6.45, 7) is 5.66. The number of amides is 2. The quantitative estimate of drug-likeness (QED) is 0.255. The van der Waals surface area contributed by atoms with Gasteiger partial charge in [0.1, 0.15) is 0 Å². The first-order valence-electron chi connectivity index (χ1n) is 13.0. The van der Waals surface area contributed by atoms with E-state index in [1.165, 1.54) is 24.3 Å². The summed E-state index contributed by atoms with van der Waals surface area (Å²) in [6, 6.07) is 20.4. The van der Waals surface area contributed by atoms with Crippen LogP contribution < -0.4 is 10.6 Å². The van der Waals surface area contributed by atoms with Gasteiger partial charge in [-0.3, -0.25) is 19.1 Å². The van der Waals surface area contributed by atoms with Crippen molar-refractivity contribution in [3.63, 3.8) is 0 Å². The predicted octanol–water partition coefficient (Wildman–Crippen LogP) is 6.19. The smallest absolute Gasteiger partial charge is 0.481 e. The normalized spacial score (nSPS) is 12.4. The van der Waals surface area contributed by atoms with E-state index in [2.05, 4.69) is 36.1 Å². The van der Waals surface area contributed by atoms with Gasteiger partial charge < -0.3 is 15.7 Å². The molecule has 0 saturated heterocycles. The number of benzene rings is 3. The second kappa shape index (κ2) is 13.5. The zero-order chi connectivity index (χ0) is 30.2. The molecule has 3 rings (SSSR count). The van der Waals surface area contributed by atoms with Crippen LogP contribution in [0.4, 0.5) is 18.9 Å². The first kappa shape index (κ1) is 31.3. The summed E-state index contributed by atoms with van der Waals surface area (Å²) < 4.78 is 40.8. The fourth-order valence-electron chi connectivity index (χ4n) is 4.07. The molecule has 10 heteroatoms. The van der Waals surface area contributed by atoms with E-state index in [4.69, 9.17) is 5.11 Å². The molecule has 0 aliphatic rings. The van der Waals surface area contributed by atoms with Crippen molar-refractivity contribution in [2.75, 3.05) is 11.9 Å². The number of carbonyl (C=O) groups excluding carboxylic acids is 2. The van der Waals surface area contributed by atoms with Gasteiger partial charge in [0.15, 0.2) is 0 Å². The van der Waals surface area contributed by atoms with Crippen molar-refractivity contribution >= 4 is 23.5 Å². The molecule has 3 aromatic carbocycles. The summed E-state index contributed by atoms with van der Waals surface area (Å²) in [6.07, 6.45) is -4.59. The molecule has 7 nitrogen and oxygen atoms in total. The summed E-state index contributed by atoms with van der Waals surface area (Å²) in [4.78, 5) is 36.4. The van der Waals surface area contributed by atoms with Gasteiger partial charge in [-0.05, 0) is 58.4 Å². The highest BCUT2D eigenvalue weighted by Crippen LogP contribution is 2.28. The molecule has 218 valence electrons. The SMILES string of the molecule is CC(C)(C)c1ccc(C(Cc2ccc(C(=O)NCCC(=O)O)cc2)C(=O)Nc2ccc(COC(F)(F)F)cc2)cc1. The van der Waals surface area contributed by atoms with Gasteiger partial charge in [-0.1, -0.05) is 69.3 Å². The van der Waals surface area contributed by atoms with Crippen molar-refractivity contribution in [2.45, 2.75) is 57.9 Å². The summed E-state index contributed by atoms with van der Waals surface area (Å²) in [5.74, 6) is -2.31. The van der Waals surface area contributed by atoms with Crippen molar-refractivity contribution in [1.29, 1.82) is 0 Å². The molecule has 0 aliphatic carbocycles. The summed E-state index contributed by atoms with van der Waals surface area (Å²) >= 11 is 0. The molecular weight excluding hydrogens is 537 g/mol. The largest absolute Gasteiger partial charge is 0.522 e. The molecule has 0 aliphatic heterocycles. The lowest BCUT2D eigenvalue weighted by atomic mass is 9.84. The van der Waals surface area contributed by atoms with Gasteiger partial charge in [-0.15, -0.1) is 13.2 Å². The lowest BCUT2D eigenvalue weighted by molar-refractivity contribution is -0.330. The van der Waals surface area contributed by atoms with Crippen molar-refractivity contribution in [3.8, 4) is 0 Å². The number of hydrogen-bond donors (Lipinski definition) is 3. The minimum absolute atomic E-state index is 0.0130. The van der Waals surface area contributed by atoms with E-state index < -0.39 is 30.8 Å². The zero-order valence-electron chi connectivity index (χ0n) is 23.0. The first-order chi connectivity index (χ1) is 19.2. The molecule has 0 fully saturated rings. The fourth-order valence-corrected chi connectivity index (χ4v) is 4.07. The highest BCUT2D eigenvalue weighted by Gasteiger charge is 2.29. The van der Waals surface area contributed by atoms with Crippen LogP contribution in [-0.2, 0) is 32.8 Å². The first-order valence-corrected chi connectivity index (χ1v) is 13.0. The molecule has 1 atom stereocenters. The van der Waals surface area contributed by atoms with E-state index in [1.807, 2.05) is 24.3 Å². The van der Waals surface area contributed by atoms with Crippen molar-refractivity contribution in [2.24, 2.45) is 0 Å². The highest BCUT2D eigenvalue weighted by molar-refractivity contribution is 5.96. The third-order valence-electron chi connectivity index (χ3n) is 6.40. The highest BCUT2D eigenvalue weighted by atomic mass is 19.4. The van der Waals surface area contributed by atoms with E-state index in [9.17, 15) is 27.6 Å². The van der Waals surface area contributed by atoms with Crippen LogP contribution in [-0.4, -0.2) is 35.8 Å². The second-order valence-corrected chi connectivity index (χ2v) is 10.6. The van der Waals surface area contributed by atoms with Crippen LogP contribution in [0.1, 0.15) is 65.7 Å². The zero-order valence-corrected chi connectivity index (χ0v) is 23.0. The number of rotatable bonds is 11. The number of halogens is 3. The molecule has 1 unspecified atom stereocenters. The Morgan fingerprint density at radius 2 is 1.44 bits per heavy atom. The monoisotopic (exact) mass is 570 g/mol. The van der Waals surface area contributed by atoms with Crippen LogP contribution in [0.2, 0.25) is 0 Å². The Morgan fingerprint density at radius 1 is 0.854 bits per heavy atom. The van der Waals surface area contributed by atoms with Crippen molar-refractivity contribution < 1.29 is 37.4 Å². The van der Waals surface area contributed by atoms with Crippen LogP contribution in [0.25, 0.3) is 0 Å². The Bertz CT molecular complexity index is 1330. The number of ether oxygens (including phenoxy) is 1. The number of carbonyl (C=O) groups is 3. The van der Waals surface area contributed by atoms with E-state index in [-0.39, 0.29) is 24.3 Å². The number of anilines is 1. The Labute approximate surface area is 236 Å². The maximum atomic E-state index is 13.5. The molecule has 0 aromatic heterocycles. The summed E-state index contributed by atoms with van der Waals surface area (Å²) in [7, 11) is 0. The number of carboxylic acids is 1. The summed E-state index contributed by atoms with van der Waals surface area (Å²) in [5, 5.41) is 14.1. The number of hydrogen-bond acceptors (Lipinski definition) is 4. The fraction of sp³-hybridized carbons (Fsp3) is 0.323. The average Bonchev–Trinajstić information content (AvgIpc) is 2.90. The molecular formula is C31H33F3N2O5. The van der Waals surface area contributed by atoms with Gasteiger partial charge in [0, 0.05) is 17.8 Å². The Hall–Kier alpha value is -4.18. The van der Waals surface area contributed by atoms with Gasteiger partial charge in [-0.25, -0.2) is 0 Å². The van der Waals surface area contributed by atoms with Crippen LogP contribution in [0.15, 0.2) is 72.8 Å². The molecule has 3 N–H and O–H groups in total. The predicted molar refractivity (Wildman–Crippen MR) is 149 cm³/mol. The minimum atomic E-state index is -4.73. The van der Waals surface area contributed by atoms with Gasteiger partial charge in [0.2, 0.25) is 5.91 Å². The molecule has 0 saturated carbocycles. The maximum Gasteiger partial charge on any atom is 0.522 e. The number of aliphatic carboxylic acids is 1. The van der Waals surface area contributed by atoms with E-state index in [0.29, 0.717) is 23.2 Å². The van der Waals surface area contributed by atoms with Crippen LogP contribution in [0.5, 0.6) is 0 Å². The Morgan fingerprint density at radius 3 is 1.98 bits per heavy atom. The molecule has 41 heavy (non-hydrogen) atoms. The maximum absolute atomic E-state index is 13.5. The Balaban J connectivity index is 1.77. The average molecular weight is 571 g/mol. The number of alkyl halides is 3. The molecule has 0 bridgehead atoms. The number of carboxylic acid groups (broad SMARTS) is 1. The van der Waals surface area contributed by atoms with Crippen LogP contribution >= 0.6 is 0 Å². The van der Waals surface area contributed by atoms with E-state index in [0.717, 1.165) is 16.7 Å². The third-order valence-corrected chi connectivity index (χ3v) is 6.40. The Kier molecular flexibility index (Phi) is 10.3. The van der Waals surface area contributed by atoms with Crippen LogP contribution in [0.3, 0.4) is 0 Å². The van der Waals surface area contributed by atoms with E-state index >= 15 is 0 Å². The number of nitrogens with one attached hydrogen (secondary N) is 2. The molecule has 0 radical (unpaired) electrons. The standard InChI is InChI=1S/C31H33F3N2O5/c1-30(2,3)24-12-10-22(11-13-24)26(18-20-4-8-23(9-5-20)28(39)35-17-16-27(37)38)29(40)36-25-14-6-21(7-15-25)19-41-31(32,33)34/h4-15,26H,16-19H2,1-3H3,(H,35,39)(H,36,40)(H,37,38). The van der Waals surface area contributed by atoms with Crippen LogP contribution in [0, 0.1) is 0 Å².